The number of pyridine rings is 1. The number of aliphatic imine (C=N–C) groups is 1. The fraction of sp³-hybridized carbons (Fsp3) is 0.167. The van der Waals surface area contributed by atoms with E-state index < -0.39 is 0 Å². The number of allylic oxidation sites excluding steroid dienone is 1. The Morgan fingerprint density at radius 1 is 1.00 bits per heavy atom. The summed E-state index contributed by atoms with van der Waals surface area (Å²) in [4.78, 5) is 40.8. The lowest BCUT2D eigenvalue weighted by Gasteiger charge is -2.08. The van der Waals surface area contributed by atoms with Crippen molar-refractivity contribution < 1.29 is 9.59 Å². The minimum absolute atomic E-state index is 0.149. The zero-order valence-corrected chi connectivity index (χ0v) is 17.7. The summed E-state index contributed by atoms with van der Waals surface area (Å²) in [5.74, 6) is 0.192. The minimum atomic E-state index is -0.170. The second kappa shape index (κ2) is 9.30. The molecule has 2 N–H and O–H groups in total. The molecule has 1 aliphatic heterocycles. The van der Waals surface area contributed by atoms with Crippen LogP contribution in [0.1, 0.15) is 29.9 Å². The van der Waals surface area contributed by atoms with E-state index in [4.69, 9.17) is 0 Å². The van der Waals surface area contributed by atoms with Crippen LogP contribution in [0.2, 0.25) is 0 Å². The summed E-state index contributed by atoms with van der Waals surface area (Å²) in [5, 5.41) is 5.93. The van der Waals surface area contributed by atoms with Crippen LogP contribution in [0.5, 0.6) is 0 Å². The van der Waals surface area contributed by atoms with Gasteiger partial charge < -0.3 is 10.6 Å². The van der Waals surface area contributed by atoms with Crippen LogP contribution in [0.4, 0.5) is 11.6 Å². The summed E-state index contributed by atoms with van der Waals surface area (Å²) >= 11 is 0. The topological polar surface area (TPSA) is 109 Å². The van der Waals surface area contributed by atoms with Crippen molar-refractivity contribution in [1.82, 2.24) is 15.0 Å². The number of ketones is 1. The van der Waals surface area contributed by atoms with E-state index in [9.17, 15) is 9.59 Å². The van der Waals surface area contributed by atoms with Crippen molar-refractivity contribution in [3.8, 4) is 11.1 Å². The maximum atomic E-state index is 12.4. The highest BCUT2D eigenvalue weighted by Crippen LogP contribution is 2.20. The molecule has 0 saturated heterocycles. The molecule has 1 aromatic carbocycles. The Hall–Kier alpha value is -4.20. The van der Waals surface area contributed by atoms with Crippen LogP contribution in [0.25, 0.3) is 11.1 Å². The Balaban J connectivity index is 1.36. The molecule has 0 aliphatic carbocycles. The normalized spacial score (nSPS) is 14.7. The van der Waals surface area contributed by atoms with Gasteiger partial charge in [0.2, 0.25) is 11.9 Å². The Morgan fingerprint density at radius 3 is 2.41 bits per heavy atom. The maximum absolute atomic E-state index is 12.4. The van der Waals surface area contributed by atoms with Crippen LogP contribution < -0.4 is 10.6 Å². The first-order valence-electron chi connectivity index (χ1n) is 10.2. The molecule has 8 nitrogen and oxygen atoms in total. The third-order valence-electron chi connectivity index (χ3n) is 4.83. The van der Waals surface area contributed by atoms with Gasteiger partial charge in [0.1, 0.15) is 5.69 Å². The van der Waals surface area contributed by atoms with Crippen molar-refractivity contribution in [3.63, 3.8) is 0 Å². The lowest BCUT2D eigenvalue weighted by atomic mass is 10.0. The zero-order valence-electron chi connectivity index (χ0n) is 17.7. The largest absolute Gasteiger partial charge is 0.326 e. The van der Waals surface area contributed by atoms with Crippen LogP contribution in [0.3, 0.4) is 0 Å². The van der Waals surface area contributed by atoms with E-state index in [0.29, 0.717) is 17.3 Å². The lowest BCUT2D eigenvalue weighted by Crippen LogP contribution is -2.15. The molecule has 0 radical (unpaired) electrons. The molecule has 0 spiro atoms. The number of hydrogen-bond donors (Lipinski definition) is 2. The molecule has 3 aromatic rings. The van der Waals surface area contributed by atoms with Gasteiger partial charge in [0.25, 0.3) is 0 Å². The summed E-state index contributed by atoms with van der Waals surface area (Å²) in [5.41, 5.74) is 4.45. The summed E-state index contributed by atoms with van der Waals surface area (Å²) in [6.45, 7) is 3.44. The molecule has 0 saturated carbocycles. The lowest BCUT2D eigenvalue weighted by molar-refractivity contribution is -0.115. The molecule has 1 aliphatic rings. The molecule has 1 atom stereocenters. The Bertz CT molecular complexity index is 1200. The van der Waals surface area contributed by atoms with Crippen LogP contribution in [0, 0.1) is 0 Å². The molecule has 1 amide bonds. The molecular formula is C24H22N6O2. The van der Waals surface area contributed by atoms with Gasteiger partial charge in [-0.1, -0.05) is 24.3 Å². The van der Waals surface area contributed by atoms with Gasteiger partial charge in [0.15, 0.2) is 5.78 Å². The van der Waals surface area contributed by atoms with Crippen LogP contribution >= 0.6 is 0 Å². The molecule has 0 fully saturated rings. The minimum Gasteiger partial charge on any atom is -0.326 e. The van der Waals surface area contributed by atoms with Crippen molar-refractivity contribution >= 4 is 29.5 Å². The monoisotopic (exact) mass is 426 g/mol. The molecule has 160 valence electrons. The molecule has 1 unspecified atom stereocenters. The predicted octanol–water partition coefficient (Wildman–Crippen LogP) is 3.69. The fourth-order valence-electron chi connectivity index (χ4n) is 3.19. The first-order chi connectivity index (χ1) is 15.5. The Labute approximate surface area is 185 Å². The van der Waals surface area contributed by atoms with Gasteiger partial charge in [-0.2, -0.15) is 0 Å². The Kier molecular flexibility index (Phi) is 6.12. The first kappa shape index (κ1) is 21.0. The summed E-state index contributed by atoms with van der Waals surface area (Å²) in [7, 11) is 0. The number of nitrogens with one attached hydrogen (secondary N) is 2. The molecule has 4 rings (SSSR count). The molecule has 3 heterocycles. The highest BCUT2D eigenvalue weighted by Gasteiger charge is 2.09. The number of rotatable bonds is 7. The summed E-state index contributed by atoms with van der Waals surface area (Å²) < 4.78 is 0. The molecular weight excluding hydrogens is 404 g/mol. The van der Waals surface area contributed by atoms with Crippen molar-refractivity contribution in [1.29, 1.82) is 0 Å². The second-order valence-electron chi connectivity index (χ2n) is 7.47. The number of carbonyl (C=O) groups excluding carboxylic acids is 2. The van der Waals surface area contributed by atoms with E-state index in [2.05, 4.69) is 30.6 Å². The summed E-state index contributed by atoms with van der Waals surface area (Å²) in [6, 6.07) is 11.1. The number of benzene rings is 1. The number of carbonyl (C=O) groups is 2. The predicted molar refractivity (Wildman–Crippen MR) is 124 cm³/mol. The fourth-order valence-corrected chi connectivity index (χ4v) is 3.19. The van der Waals surface area contributed by atoms with E-state index in [1.807, 2.05) is 37.3 Å². The van der Waals surface area contributed by atoms with Gasteiger partial charge in [-0.05, 0) is 36.3 Å². The smallest absolute Gasteiger partial charge is 0.228 e. The molecule has 2 aromatic heterocycles. The number of Topliss-reactive ketones (excluding diaryl/α,β-unsaturated/α-hetero) is 1. The number of amides is 1. The third kappa shape index (κ3) is 5.28. The number of aromatic nitrogens is 3. The molecule has 8 heteroatoms. The SMILES string of the molecule is CC(=O)c1cc(NC(=O)Cc2ccc(-c3cnc(NC4=CC(C)N=C4)nc3)cc2)ccn1. The van der Waals surface area contributed by atoms with E-state index in [0.717, 1.165) is 22.4 Å². The zero-order chi connectivity index (χ0) is 22.5. The number of anilines is 2. The Morgan fingerprint density at radius 2 is 1.75 bits per heavy atom. The van der Waals surface area contributed by atoms with Crippen LogP contribution in [-0.4, -0.2) is 38.9 Å². The van der Waals surface area contributed by atoms with Gasteiger partial charge in [-0.25, -0.2) is 9.97 Å². The third-order valence-corrected chi connectivity index (χ3v) is 4.83. The highest BCUT2D eigenvalue weighted by molar-refractivity contribution is 5.96. The standard InChI is InChI=1S/C24H22N6O2/c1-15-9-21(14-26-15)30-24-27-12-19(13-28-24)18-5-3-17(4-6-18)10-23(32)29-20-7-8-25-22(11-20)16(2)31/h3-9,11-15H,10H2,1-2H3,(H,25,29,32)(H,27,28,30). The quantitative estimate of drug-likeness (QED) is 0.558. The van der Waals surface area contributed by atoms with Gasteiger partial charge in [0, 0.05) is 43.0 Å². The second-order valence-corrected chi connectivity index (χ2v) is 7.47. The van der Waals surface area contributed by atoms with E-state index in [1.54, 1.807) is 30.7 Å². The maximum Gasteiger partial charge on any atom is 0.228 e. The van der Waals surface area contributed by atoms with Crippen molar-refractivity contribution in [3.05, 3.63) is 78.0 Å². The van der Waals surface area contributed by atoms with Gasteiger partial charge >= 0.3 is 0 Å². The van der Waals surface area contributed by atoms with E-state index >= 15 is 0 Å². The average molecular weight is 426 g/mol. The molecule has 32 heavy (non-hydrogen) atoms. The average Bonchev–Trinajstić information content (AvgIpc) is 3.19. The summed E-state index contributed by atoms with van der Waals surface area (Å²) in [6.07, 6.45) is 9.00. The van der Waals surface area contributed by atoms with E-state index in [-0.39, 0.29) is 24.2 Å². The molecule has 0 bridgehead atoms. The van der Waals surface area contributed by atoms with Gasteiger partial charge in [0.05, 0.1) is 18.2 Å². The number of nitrogens with zero attached hydrogens (tertiary/aromatic N) is 4. The highest BCUT2D eigenvalue weighted by atomic mass is 16.1. The van der Waals surface area contributed by atoms with Crippen molar-refractivity contribution in [2.45, 2.75) is 26.3 Å². The van der Waals surface area contributed by atoms with Crippen molar-refractivity contribution in [2.75, 3.05) is 10.6 Å². The van der Waals surface area contributed by atoms with E-state index in [1.165, 1.54) is 13.1 Å². The van der Waals surface area contributed by atoms with Gasteiger partial charge in [-0.15, -0.1) is 0 Å². The van der Waals surface area contributed by atoms with Crippen LogP contribution in [-0.2, 0) is 11.2 Å². The van der Waals surface area contributed by atoms with Gasteiger partial charge in [-0.3, -0.25) is 19.6 Å². The first-order valence-corrected chi connectivity index (χ1v) is 10.2. The number of hydrogen-bond acceptors (Lipinski definition) is 7. The van der Waals surface area contributed by atoms with Crippen LogP contribution in [0.15, 0.2) is 71.8 Å². The van der Waals surface area contributed by atoms with Crippen molar-refractivity contribution in [2.24, 2.45) is 4.99 Å².